The lowest BCUT2D eigenvalue weighted by atomic mass is 10.1. The van der Waals surface area contributed by atoms with Crippen molar-refractivity contribution in [2.75, 3.05) is 23.8 Å². The minimum Gasteiger partial charge on any atom is -0.381 e. The van der Waals surface area contributed by atoms with Gasteiger partial charge >= 0.3 is 0 Å². The van der Waals surface area contributed by atoms with Gasteiger partial charge in [-0.3, -0.25) is 9.97 Å². The number of nitrogens with one attached hydrogen (secondary N) is 3. The summed E-state index contributed by atoms with van der Waals surface area (Å²) in [5.41, 5.74) is 2.98. The van der Waals surface area contributed by atoms with Gasteiger partial charge in [0.25, 0.3) is 0 Å². The summed E-state index contributed by atoms with van der Waals surface area (Å²) in [6.45, 7) is 3.53. The van der Waals surface area contributed by atoms with Crippen molar-refractivity contribution >= 4 is 23.2 Å². The molecule has 1 saturated heterocycles. The zero-order valence-corrected chi connectivity index (χ0v) is 16.0. The summed E-state index contributed by atoms with van der Waals surface area (Å²) in [5.74, 6) is -0.463. The van der Waals surface area contributed by atoms with Gasteiger partial charge in [0.1, 0.15) is 5.69 Å². The van der Waals surface area contributed by atoms with Gasteiger partial charge < -0.3 is 20.8 Å². The van der Waals surface area contributed by atoms with Gasteiger partial charge in [0.15, 0.2) is 5.82 Å². The molecule has 148 valence electrons. The molecule has 2 aromatic heterocycles. The molecule has 1 aliphatic heterocycles. The van der Waals surface area contributed by atoms with E-state index < -0.39 is 5.82 Å². The Morgan fingerprint density at radius 2 is 2.11 bits per heavy atom. The summed E-state index contributed by atoms with van der Waals surface area (Å²) < 4.78 is 20.0. The van der Waals surface area contributed by atoms with E-state index in [2.05, 4.69) is 27.5 Å². The van der Waals surface area contributed by atoms with Crippen LogP contribution in [-0.4, -0.2) is 35.4 Å². The molecule has 28 heavy (non-hydrogen) atoms. The second-order valence-corrected chi connectivity index (χ2v) is 6.76. The molecular weight excluding hydrogens is 357 g/mol. The lowest BCUT2D eigenvalue weighted by molar-refractivity contribution is 0.0904. The normalized spacial score (nSPS) is 15.3. The highest BCUT2D eigenvalue weighted by Crippen LogP contribution is 2.21. The molecule has 0 atom stereocenters. The third kappa shape index (κ3) is 5.36. The number of hydrogen-bond donors (Lipinski definition) is 3. The number of allylic oxidation sites excluding steroid dienone is 1. The number of pyridine rings is 2. The fourth-order valence-corrected chi connectivity index (χ4v) is 3.11. The minimum atomic E-state index is -0.463. The Balaban J connectivity index is 1.71. The second kappa shape index (κ2) is 9.94. The summed E-state index contributed by atoms with van der Waals surface area (Å²) in [7, 11) is 0. The SMILES string of the molecule is CCCc1cc(N/C=C(\C=N)c2ncc(NC3CCOCC3)cc2F)ccn1. The molecule has 0 bridgehead atoms. The highest BCUT2D eigenvalue weighted by Gasteiger charge is 2.15. The zero-order valence-electron chi connectivity index (χ0n) is 16.0. The molecule has 2 aromatic rings. The summed E-state index contributed by atoms with van der Waals surface area (Å²) in [6, 6.07) is 5.49. The number of hydrogen-bond acceptors (Lipinski definition) is 6. The van der Waals surface area contributed by atoms with Gasteiger partial charge in [0.2, 0.25) is 0 Å². The zero-order chi connectivity index (χ0) is 19.8. The Morgan fingerprint density at radius 1 is 1.29 bits per heavy atom. The van der Waals surface area contributed by atoms with E-state index in [1.54, 1.807) is 18.6 Å². The van der Waals surface area contributed by atoms with Crippen LogP contribution in [0.3, 0.4) is 0 Å². The Morgan fingerprint density at radius 3 is 2.82 bits per heavy atom. The molecule has 0 unspecified atom stereocenters. The molecule has 3 N–H and O–H groups in total. The van der Waals surface area contributed by atoms with Crippen molar-refractivity contribution in [3.8, 4) is 0 Å². The first-order chi connectivity index (χ1) is 13.7. The van der Waals surface area contributed by atoms with E-state index in [4.69, 9.17) is 10.1 Å². The Bertz CT molecular complexity index is 833. The third-order valence-electron chi connectivity index (χ3n) is 4.58. The predicted octanol–water partition coefficient (Wildman–Crippen LogP) is 4.26. The third-order valence-corrected chi connectivity index (χ3v) is 4.58. The van der Waals surface area contributed by atoms with E-state index in [0.29, 0.717) is 24.5 Å². The lowest BCUT2D eigenvalue weighted by Gasteiger charge is -2.24. The van der Waals surface area contributed by atoms with Crippen LogP contribution in [0.5, 0.6) is 0 Å². The smallest absolute Gasteiger partial charge is 0.151 e. The molecule has 1 fully saturated rings. The quantitative estimate of drug-likeness (QED) is 0.593. The fourth-order valence-electron chi connectivity index (χ4n) is 3.11. The minimum absolute atomic E-state index is 0.142. The maximum Gasteiger partial charge on any atom is 0.151 e. The second-order valence-electron chi connectivity index (χ2n) is 6.76. The van der Waals surface area contributed by atoms with Crippen LogP contribution in [0.25, 0.3) is 5.57 Å². The van der Waals surface area contributed by atoms with E-state index in [9.17, 15) is 4.39 Å². The number of anilines is 2. The van der Waals surface area contributed by atoms with Crippen LogP contribution >= 0.6 is 0 Å². The number of halogens is 1. The molecule has 0 saturated carbocycles. The molecule has 0 aliphatic carbocycles. The summed E-state index contributed by atoms with van der Waals surface area (Å²) >= 11 is 0. The van der Waals surface area contributed by atoms with Crippen molar-refractivity contribution in [1.82, 2.24) is 9.97 Å². The molecule has 0 aromatic carbocycles. The van der Waals surface area contributed by atoms with Gasteiger partial charge in [-0.25, -0.2) is 4.39 Å². The van der Waals surface area contributed by atoms with Gasteiger partial charge in [0.05, 0.1) is 11.9 Å². The van der Waals surface area contributed by atoms with Crippen molar-refractivity contribution in [3.05, 3.63) is 54.0 Å². The molecular formula is C21H26FN5O. The van der Waals surface area contributed by atoms with Crippen LogP contribution in [0.15, 0.2) is 36.8 Å². The number of aryl methyl sites for hydroxylation is 1. The van der Waals surface area contributed by atoms with Gasteiger partial charge in [-0.2, -0.15) is 0 Å². The standard InChI is InChI=1S/C21H26FN5O/c1-2-3-17-10-18(4-7-24-17)25-13-15(12-23)21-20(22)11-19(14-26-21)27-16-5-8-28-9-6-16/h4,7,10-14,16,23,27H,2-3,5-6,8-9H2,1H3,(H,24,25)/b15-13+,23-12?. The predicted molar refractivity (Wildman–Crippen MR) is 110 cm³/mol. The average molecular weight is 383 g/mol. The van der Waals surface area contributed by atoms with Gasteiger partial charge in [-0.1, -0.05) is 13.3 Å². The van der Waals surface area contributed by atoms with E-state index in [0.717, 1.165) is 43.3 Å². The summed E-state index contributed by atoms with van der Waals surface area (Å²) in [6.07, 6.45) is 9.73. The first kappa shape index (κ1) is 19.9. The van der Waals surface area contributed by atoms with Crippen molar-refractivity contribution in [2.24, 2.45) is 0 Å². The van der Waals surface area contributed by atoms with Gasteiger partial charge in [-0.05, 0) is 31.4 Å². The highest BCUT2D eigenvalue weighted by atomic mass is 19.1. The van der Waals surface area contributed by atoms with Crippen LogP contribution in [0, 0.1) is 11.2 Å². The molecule has 6 nitrogen and oxygen atoms in total. The Labute approximate surface area is 164 Å². The topological polar surface area (TPSA) is 82.9 Å². The van der Waals surface area contributed by atoms with Crippen LogP contribution < -0.4 is 10.6 Å². The Hall–Kier alpha value is -2.80. The van der Waals surface area contributed by atoms with Crippen LogP contribution in [-0.2, 0) is 11.2 Å². The molecule has 0 spiro atoms. The number of ether oxygens (including phenoxy) is 1. The number of rotatable bonds is 8. The van der Waals surface area contributed by atoms with Gasteiger partial charge in [0, 0.05) is 60.9 Å². The van der Waals surface area contributed by atoms with Crippen molar-refractivity contribution in [2.45, 2.75) is 38.6 Å². The molecule has 0 radical (unpaired) electrons. The number of nitrogens with zero attached hydrogens (tertiary/aromatic N) is 2. The molecule has 3 rings (SSSR count). The Kier molecular flexibility index (Phi) is 7.08. The molecule has 1 aliphatic rings. The maximum atomic E-state index is 14.6. The van der Waals surface area contributed by atoms with E-state index in [-0.39, 0.29) is 11.7 Å². The van der Waals surface area contributed by atoms with Crippen molar-refractivity contribution in [3.63, 3.8) is 0 Å². The fraction of sp³-hybridized carbons (Fsp3) is 0.381. The highest BCUT2D eigenvalue weighted by molar-refractivity contribution is 6.08. The lowest BCUT2D eigenvalue weighted by Crippen LogP contribution is -2.27. The van der Waals surface area contributed by atoms with E-state index in [1.165, 1.54) is 6.07 Å². The van der Waals surface area contributed by atoms with Crippen LogP contribution in [0.4, 0.5) is 15.8 Å². The van der Waals surface area contributed by atoms with Crippen molar-refractivity contribution in [1.29, 1.82) is 5.41 Å². The van der Waals surface area contributed by atoms with E-state index in [1.807, 2.05) is 12.1 Å². The van der Waals surface area contributed by atoms with Crippen LogP contribution in [0.2, 0.25) is 0 Å². The molecule has 7 heteroatoms. The molecule has 3 heterocycles. The number of aromatic nitrogens is 2. The summed E-state index contributed by atoms with van der Waals surface area (Å²) in [5, 5.41) is 14.1. The first-order valence-corrected chi connectivity index (χ1v) is 9.62. The summed E-state index contributed by atoms with van der Waals surface area (Å²) in [4.78, 5) is 8.55. The maximum absolute atomic E-state index is 14.6. The first-order valence-electron chi connectivity index (χ1n) is 9.62. The monoisotopic (exact) mass is 383 g/mol. The van der Waals surface area contributed by atoms with Crippen LogP contribution in [0.1, 0.15) is 37.6 Å². The largest absolute Gasteiger partial charge is 0.381 e. The van der Waals surface area contributed by atoms with E-state index >= 15 is 0 Å². The average Bonchev–Trinajstić information content (AvgIpc) is 2.71. The molecule has 0 amide bonds. The van der Waals surface area contributed by atoms with Crippen molar-refractivity contribution < 1.29 is 9.13 Å². The van der Waals surface area contributed by atoms with Gasteiger partial charge in [-0.15, -0.1) is 0 Å².